The largest absolute Gasteiger partial charge is 0.516 e. The number of hydrogen-bond donors (Lipinski definition) is 1. The van der Waals surface area contributed by atoms with Gasteiger partial charge < -0.3 is 5.11 Å². The van der Waals surface area contributed by atoms with Gasteiger partial charge in [-0.25, -0.2) is 0 Å². The Balaban J connectivity index is 3.10. The summed E-state index contributed by atoms with van der Waals surface area (Å²) in [5.74, 6) is 0. The fraction of sp³-hybridized carbons (Fsp3) is 0.750. The van der Waals surface area contributed by atoms with E-state index >= 15 is 0 Å². The average molecular weight is 380 g/mol. The van der Waals surface area contributed by atoms with Crippen LogP contribution in [0, 0.1) is 0 Å². The zero-order valence-corrected chi connectivity index (χ0v) is 10.8. The highest BCUT2D eigenvalue weighted by molar-refractivity contribution is 14.1. The van der Waals surface area contributed by atoms with E-state index in [-0.39, 0.29) is 0 Å². The van der Waals surface area contributed by atoms with Crippen LogP contribution in [0.2, 0.25) is 0 Å². The molecule has 0 aliphatic carbocycles. The number of unbranched alkanes of at least 4 members (excludes halogenated alkanes) is 2. The number of aliphatic hydroxyl groups excluding tert-OH is 1. The summed E-state index contributed by atoms with van der Waals surface area (Å²) in [4.78, 5) is 0. The fourth-order valence-corrected chi connectivity index (χ4v) is 1.97. The average Bonchev–Trinajstić information content (AvgIpc) is 1.99. The monoisotopic (exact) mass is 380 g/mol. The van der Waals surface area contributed by atoms with Crippen molar-refractivity contribution < 1.29 is 5.11 Å². The maximum atomic E-state index is 8.45. The van der Waals surface area contributed by atoms with Gasteiger partial charge in [0.2, 0.25) is 0 Å². The van der Waals surface area contributed by atoms with Crippen LogP contribution in [-0.2, 0) is 0 Å². The molecule has 1 N–H and O–H groups in total. The number of rotatable bonds is 6. The van der Waals surface area contributed by atoms with E-state index < -0.39 is 0 Å². The Labute approximate surface area is 95.9 Å². The Morgan fingerprint density at radius 1 is 1.27 bits per heavy atom. The molecule has 0 aliphatic rings. The first-order chi connectivity index (χ1) is 5.31. The lowest BCUT2D eigenvalue weighted by Crippen LogP contribution is -1.92. The molecule has 1 atom stereocenters. The zero-order chi connectivity index (χ0) is 8.53. The van der Waals surface area contributed by atoms with Crippen LogP contribution >= 0.6 is 45.2 Å². The summed E-state index contributed by atoms with van der Waals surface area (Å²) >= 11 is 4.75. The minimum atomic E-state index is 0.506. The molecule has 3 heteroatoms. The van der Waals surface area contributed by atoms with Gasteiger partial charge in [0, 0.05) is 3.92 Å². The van der Waals surface area contributed by atoms with Crippen molar-refractivity contribution in [2.45, 2.75) is 29.6 Å². The molecule has 0 saturated heterocycles. The molecule has 11 heavy (non-hydrogen) atoms. The highest BCUT2D eigenvalue weighted by Gasteiger charge is 1.97. The molecule has 0 saturated carbocycles. The van der Waals surface area contributed by atoms with Gasteiger partial charge in [-0.1, -0.05) is 58.0 Å². The van der Waals surface area contributed by atoms with Crippen LogP contribution in [0.4, 0.5) is 0 Å². The van der Waals surface area contributed by atoms with Gasteiger partial charge in [0.1, 0.15) is 0 Å². The van der Waals surface area contributed by atoms with E-state index in [1.807, 2.05) is 6.08 Å². The Hall–Kier alpha value is 1.00. The molecular weight excluding hydrogens is 366 g/mol. The van der Waals surface area contributed by atoms with Crippen molar-refractivity contribution >= 4 is 45.2 Å². The van der Waals surface area contributed by atoms with Gasteiger partial charge in [-0.3, -0.25) is 0 Å². The second kappa shape index (κ2) is 9.09. The molecule has 0 aromatic heterocycles. The number of alkyl halides is 2. The summed E-state index contributed by atoms with van der Waals surface area (Å²) in [7, 11) is 0. The highest BCUT2D eigenvalue weighted by atomic mass is 127. The lowest BCUT2D eigenvalue weighted by atomic mass is 10.1. The fourth-order valence-electron chi connectivity index (χ4n) is 0.800. The van der Waals surface area contributed by atoms with E-state index in [4.69, 9.17) is 5.11 Å². The van der Waals surface area contributed by atoms with Gasteiger partial charge in [-0.2, -0.15) is 0 Å². The molecule has 0 radical (unpaired) electrons. The van der Waals surface area contributed by atoms with Gasteiger partial charge in [0.25, 0.3) is 0 Å². The molecule has 0 aromatic carbocycles. The maximum Gasteiger partial charge on any atom is 0.0762 e. The minimum Gasteiger partial charge on any atom is -0.516 e. The van der Waals surface area contributed by atoms with Crippen molar-refractivity contribution in [1.29, 1.82) is 0 Å². The first-order valence-electron chi connectivity index (χ1n) is 3.82. The maximum absolute atomic E-state index is 8.45. The molecule has 0 bridgehead atoms. The van der Waals surface area contributed by atoms with E-state index in [0.717, 1.165) is 6.26 Å². The lowest BCUT2D eigenvalue weighted by molar-refractivity contribution is 0.470. The smallest absolute Gasteiger partial charge is 0.0762 e. The van der Waals surface area contributed by atoms with Crippen molar-refractivity contribution in [3.05, 3.63) is 12.3 Å². The first-order valence-corrected chi connectivity index (χ1v) is 6.59. The van der Waals surface area contributed by atoms with Crippen molar-refractivity contribution in [1.82, 2.24) is 0 Å². The topological polar surface area (TPSA) is 20.2 Å². The van der Waals surface area contributed by atoms with Crippen LogP contribution in [-0.4, -0.2) is 13.5 Å². The normalized spacial score (nSPS) is 14.0. The Morgan fingerprint density at radius 3 is 2.55 bits per heavy atom. The summed E-state index contributed by atoms with van der Waals surface area (Å²) < 4.78 is 1.77. The van der Waals surface area contributed by atoms with Crippen LogP contribution < -0.4 is 0 Å². The third-order valence-corrected chi connectivity index (χ3v) is 3.21. The minimum absolute atomic E-state index is 0.506. The summed E-state index contributed by atoms with van der Waals surface area (Å²) in [5.41, 5.74) is 0. The van der Waals surface area contributed by atoms with Crippen LogP contribution in [0.3, 0.4) is 0 Å². The first kappa shape index (κ1) is 12.0. The van der Waals surface area contributed by atoms with E-state index in [0.29, 0.717) is 3.92 Å². The molecule has 0 fully saturated rings. The molecule has 0 aromatic rings. The third-order valence-electron chi connectivity index (χ3n) is 1.41. The zero-order valence-electron chi connectivity index (χ0n) is 6.47. The predicted molar refractivity (Wildman–Crippen MR) is 66.9 cm³/mol. The highest BCUT2D eigenvalue weighted by Crippen LogP contribution is 2.12. The number of aliphatic hydroxyl groups is 1. The van der Waals surface area contributed by atoms with Crippen LogP contribution in [0.1, 0.15) is 25.7 Å². The van der Waals surface area contributed by atoms with Crippen molar-refractivity contribution in [2.24, 2.45) is 0 Å². The second-order valence-corrected chi connectivity index (χ2v) is 5.07. The Kier molecular flexibility index (Phi) is 9.92. The predicted octanol–water partition coefficient (Wildman–Crippen LogP) is 3.86. The Bertz CT molecular complexity index is 104. The van der Waals surface area contributed by atoms with Gasteiger partial charge in [0.05, 0.1) is 6.26 Å². The van der Waals surface area contributed by atoms with E-state index in [1.54, 1.807) is 0 Å². The second-order valence-electron chi connectivity index (χ2n) is 2.40. The van der Waals surface area contributed by atoms with Crippen LogP contribution in [0.25, 0.3) is 0 Å². The summed E-state index contributed by atoms with van der Waals surface area (Å²) in [5, 5.41) is 8.45. The summed E-state index contributed by atoms with van der Waals surface area (Å²) in [6.07, 6.45) is 8.10. The SMILES string of the molecule is OC=CC(I)CCCCCI. The molecule has 66 valence electrons. The van der Waals surface area contributed by atoms with Crippen LogP contribution in [0.5, 0.6) is 0 Å². The molecule has 1 unspecified atom stereocenters. The lowest BCUT2D eigenvalue weighted by Gasteiger charge is -2.01. The van der Waals surface area contributed by atoms with E-state index in [1.165, 1.54) is 30.1 Å². The van der Waals surface area contributed by atoms with E-state index in [9.17, 15) is 0 Å². The van der Waals surface area contributed by atoms with Gasteiger partial charge >= 0.3 is 0 Å². The Morgan fingerprint density at radius 2 is 2.00 bits per heavy atom. The van der Waals surface area contributed by atoms with Gasteiger partial charge in [-0.15, -0.1) is 0 Å². The number of hydrogen-bond acceptors (Lipinski definition) is 1. The quantitative estimate of drug-likeness (QED) is 0.321. The van der Waals surface area contributed by atoms with Crippen molar-refractivity contribution in [3.8, 4) is 0 Å². The number of halogens is 2. The summed E-state index contributed by atoms with van der Waals surface area (Å²) in [6.45, 7) is 0. The molecule has 0 aliphatic heterocycles. The van der Waals surface area contributed by atoms with E-state index in [2.05, 4.69) is 45.2 Å². The molecular formula is C8H14I2O. The standard InChI is InChI=1S/C8H14I2O/c9-6-3-1-2-4-8(10)5-7-11/h5,7-8,11H,1-4,6H2. The number of allylic oxidation sites excluding steroid dienone is 1. The third kappa shape index (κ3) is 8.91. The van der Waals surface area contributed by atoms with Gasteiger partial charge in [0.15, 0.2) is 0 Å². The van der Waals surface area contributed by atoms with Gasteiger partial charge in [-0.05, 0) is 23.3 Å². The molecule has 1 nitrogen and oxygen atoms in total. The van der Waals surface area contributed by atoms with Crippen molar-refractivity contribution in [2.75, 3.05) is 4.43 Å². The molecule has 0 heterocycles. The molecule has 0 spiro atoms. The summed E-state index contributed by atoms with van der Waals surface area (Å²) in [6, 6.07) is 0. The van der Waals surface area contributed by atoms with Crippen molar-refractivity contribution in [3.63, 3.8) is 0 Å². The molecule has 0 amide bonds. The van der Waals surface area contributed by atoms with Crippen LogP contribution in [0.15, 0.2) is 12.3 Å². The molecule has 0 rings (SSSR count).